The van der Waals surface area contributed by atoms with Gasteiger partial charge in [-0.1, -0.05) is 37.1 Å². The number of nitrogens with one attached hydrogen (secondary N) is 1. The minimum atomic E-state index is -4.08. The van der Waals surface area contributed by atoms with Crippen molar-refractivity contribution in [3.8, 4) is 0 Å². The molecule has 3 rings (SSSR count). The summed E-state index contributed by atoms with van der Waals surface area (Å²) in [6.45, 7) is 4.28. The molecular weight excluding hydrogens is 448 g/mol. The molecule has 2 aromatic carbocycles. The van der Waals surface area contributed by atoms with Gasteiger partial charge in [-0.3, -0.25) is 19.7 Å². The van der Waals surface area contributed by atoms with Crippen molar-refractivity contribution in [1.82, 2.24) is 0 Å². The molecule has 1 saturated carbocycles. The topological polar surface area (TPSA) is 133 Å². The average Bonchev–Trinajstić information content (AvgIpc) is 3.27. The summed E-state index contributed by atoms with van der Waals surface area (Å²) in [6, 6.07) is 9.37. The summed E-state index contributed by atoms with van der Waals surface area (Å²) in [4.78, 5) is 36.2. The van der Waals surface area contributed by atoms with Crippen LogP contribution in [0, 0.1) is 30.9 Å². The number of carbonyl (C=O) groups is 2. The molecule has 1 aliphatic carbocycles. The van der Waals surface area contributed by atoms with E-state index in [4.69, 9.17) is 4.74 Å². The third-order valence-electron chi connectivity index (χ3n) is 5.98. The van der Waals surface area contributed by atoms with E-state index in [0.717, 1.165) is 5.56 Å². The molecule has 1 aliphatic rings. The zero-order chi connectivity index (χ0) is 24.4. The van der Waals surface area contributed by atoms with E-state index in [1.165, 1.54) is 12.1 Å². The number of sulfone groups is 1. The van der Waals surface area contributed by atoms with Crippen LogP contribution in [0.2, 0.25) is 0 Å². The largest absolute Gasteiger partial charge is 0.454 e. The number of anilines is 1. The number of carbonyl (C=O) groups excluding carboxylic acids is 2. The molecule has 0 heterocycles. The summed E-state index contributed by atoms with van der Waals surface area (Å²) in [6.07, 6.45) is 1.29. The van der Waals surface area contributed by atoms with E-state index in [1.54, 1.807) is 45.0 Å². The molecule has 176 valence electrons. The Morgan fingerprint density at radius 3 is 2.39 bits per heavy atom. The highest BCUT2D eigenvalue weighted by atomic mass is 32.2. The Morgan fingerprint density at radius 1 is 1.09 bits per heavy atom. The van der Waals surface area contributed by atoms with Crippen LogP contribution >= 0.6 is 0 Å². The number of nitro groups is 1. The zero-order valence-corrected chi connectivity index (χ0v) is 19.5. The molecular formula is C23H26N2O7S. The Labute approximate surface area is 192 Å². The van der Waals surface area contributed by atoms with Crippen molar-refractivity contribution in [2.24, 2.45) is 0 Å². The SMILES string of the molecule is Cc1ccc(C)c(S(=O)(=O)C2(C(=O)OCC(=O)Nc3c(C)cccc3[N+](=O)[O-])CCCC2)c1. The predicted octanol–water partition coefficient (Wildman–Crippen LogP) is 3.79. The number of esters is 1. The molecule has 0 bridgehead atoms. The third-order valence-corrected chi connectivity index (χ3v) is 8.60. The zero-order valence-electron chi connectivity index (χ0n) is 18.7. The molecule has 1 N–H and O–H groups in total. The van der Waals surface area contributed by atoms with Crippen LogP contribution < -0.4 is 5.32 Å². The fraction of sp³-hybridized carbons (Fsp3) is 0.391. The van der Waals surface area contributed by atoms with Gasteiger partial charge >= 0.3 is 5.97 Å². The van der Waals surface area contributed by atoms with E-state index in [0.29, 0.717) is 24.0 Å². The van der Waals surface area contributed by atoms with Crippen molar-refractivity contribution >= 4 is 33.1 Å². The number of hydrogen-bond donors (Lipinski definition) is 1. The molecule has 2 aromatic rings. The summed E-state index contributed by atoms with van der Waals surface area (Å²) in [5, 5.41) is 13.6. The van der Waals surface area contributed by atoms with Gasteiger partial charge < -0.3 is 10.1 Å². The highest BCUT2D eigenvalue weighted by molar-refractivity contribution is 7.93. The van der Waals surface area contributed by atoms with Crippen LogP contribution in [0.5, 0.6) is 0 Å². The van der Waals surface area contributed by atoms with Crippen LogP contribution in [0.4, 0.5) is 11.4 Å². The number of para-hydroxylation sites is 1. The molecule has 33 heavy (non-hydrogen) atoms. The first-order valence-corrected chi connectivity index (χ1v) is 12.0. The fourth-order valence-corrected chi connectivity index (χ4v) is 6.50. The number of amides is 1. The molecule has 0 radical (unpaired) electrons. The monoisotopic (exact) mass is 474 g/mol. The van der Waals surface area contributed by atoms with Gasteiger partial charge in [0.25, 0.3) is 11.6 Å². The maximum absolute atomic E-state index is 13.6. The van der Waals surface area contributed by atoms with Crippen molar-refractivity contribution in [2.75, 3.05) is 11.9 Å². The summed E-state index contributed by atoms with van der Waals surface area (Å²) in [5.41, 5.74) is 1.46. The van der Waals surface area contributed by atoms with Gasteiger partial charge in [-0.15, -0.1) is 0 Å². The molecule has 0 aliphatic heterocycles. The highest BCUT2D eigenvalue weighted by Gasteiger charge is 2.54. The summed E-state index contributed by atoms with van der Waals surface area (Å²) in [7, 11) is -4.08. The van der Waals surface area contributed by atoms with Gasteiger partial charge in [0.1, 0.15) is 5.69 Å². The second-order valence-electron chi connectivity index (χ2n) is 8.32. The normalized spacial score (nSPS) is 15.1. The number of nitrogens with zero attached hydrogens (tertiary/aromatic N) is 1. The van der Waals surface area contributed by atoms with Crippen molar-refractivity contribution in [3.05, 3.63) is 63.2 Å². The second kappa shape index (κ2) is 9.30. The highest BCUT2D eigenvalue weighted by Crippen LogP contribution is 2.42. The number of rotatable bonds is 7. The molecule has 10 heteroatoms. The lowest BCUT2D eigenvalue weighted by Gasteiger charge is -2.27. The first-order valence-electron chi connectivity index (χ1n) is 10.5. The van der Waals surface area contributed by atoms with Gasteiger partial charge in [0.2, 0.25) is 0 Å². The lowest BCUT2D eigenvalue weighted by atomic mass is 10.1. The van der Waals surface area contributed by atoms with E-state index < -0.39 is 38.0 Å². The van der Waals surface area contributed by atoms with Crippen LogP contribution in [-0.4, -0.2) is 36.6 Å². The van der Waals surface area contributed by atoms with E-state index in [2.05, 4.69) is 5.32 Å². The van der Waals surface area contributed by atoms with Gasteiger partial charge in [-0.2, -0.15) is 0 Å². The van der Waals surface area contributed by atoms with Crippen LogP contribution in [0.3, 0.4) is 0 Å². The number of nitro benzene ring substituents is 1. The fourth-order valence-electron chi connectivity index (χ4n) is 4.14. The number of aryl methyl sites for hydroxylation is 3. The molecule has 0 aromatic heterocycles. The van der Waals surface area contributed by atoms with Crippen molar-refractivity contribution in [1.29, 1.82) is 0 Å². The Bertz CT molecular complexity index is 1220. The van der Waals surface area contributed by atoms with E-state index in [-0.39, 0.29) is 29.1 Å². The van der Waals surface area contributed by atoms with Crippen molar-refractivity contribution in [2.45, 2.75) is 56.1 Å². The van der Waals surface area contributed by atoms with Crippen LogP contribution in [0.1, 0.15) is 42.4 Å². The standard InChI is InChI=1S/C23H26N2O7S/c1-15-9-10-16(2)19(13-15)33(30,31)23(11-4-5-12-23)22(27)32-14-20(26)24-21-17(3)7-6-8-18(21)25(28)29/h6-10,13H,4-5,11-12,14H2,1-3H3,(H,24,26). The Hall–Kier alpha value is -3.27. The number of ether oxygens (including phenoxy) is 1. The number of hydrogen-bond acceptors (Lipinski definition) is 7. The van der Waals surface area contributed by atoms with Gasteiger partial charge in [-0.05, 0) is 56.4 Å². The van der Waals surface area contributed by atoms with Crippen molar-refractivity contribution < 1.29 is 27.7 Å². The van der Waals surface area contributed by atoms with Crippen LogP contribution in [-0.2, 0) is 24.2 Å². The summed E-state index contributed by atoms with van der Waals surface area (Å²) >= 11 is 0. The van der Waals surface area contributed by atoms with Crippen molar-refractivity contribution in [3.63, 3.8) is 0 Å². The molecule has 0 spiro atoms. The molecule has 9 nitrogen and oxygen atoms in total. The minimum Gasteiger partial charge on any atom is -0.454 e. The Balaban J connectivity index is 1.82. The first kappa shape index (κ1) is 24.4. The summed E-state index contributed by atoms with van der Waals surface area (Å²) < 4.78 is 30.6. The van der Waals surface area contributed by atoms with Gasteiger partial charge in [0.15, 0.2) is 21.2 Å². The molecule has 0 atom stereocenters. The van der Waals surface area contributed by atoms with E-state index in [9.17, 15) is 28.1 Å². The van der Waals surface area contributed by atoms with Gasteiger partial charge in [0, 0.05) is 6.07 Å². The quantitative estimate of drug-likeness (QED) is 0.367. The molecule has 1 fully saturated rings. The van der Waals surface area contributed by atoms with Gasteiger partial charge in [-0.25, -0.2) is 8.42 Å². The van der Waals surface area contributed by atoms with Crippen LogP contribution in [0.15, 0.2) is 41.3 Å². The number of benzene rings is 2. The second-order valence-corrected chi connectivity index (χ2v) is 10.6. The lowest BCUT2D eigenvalue weighted by Crippen LogP contribution is -2.46. The molecule has 0 saturated heterocycles. The van der Waals surface area contributed by atoms with E-state index in [1.807, 2.05) is 0 Å². The average molecular weight is 475 g/mol. The first-order chi connectivity index (χ1) is 15.5. The molecule has 1 amide bonds. The van der Waals surface area contributed by atoms with E-state index >= 15 is 0 Å². The lowest BCUT2D eigenvalue weighted by molar-refractivity contribution is -0.384. The Kier molecular flexibility index (Phi) is 6.87. The summed E-state index contributed by atoms with van der Waals surface area (Å²) in [5.74, 6) is -1.77. The maximum atomic E-state index is 13.6. The maximum Gasteiger partial charge on any atom is 0.328 e. The third kappa shape index (κ3) is 4.61. The minimum absolute atomic E-state index is 0.00198. The van der Waals surface area contributed by atoms with Gasteiger partial charge in [0.05, 0.1) is 9.82 Å². The van der Waals surface area contributed by atoms with Crippen LogP contribution in [0.25, 0.3) is 0 Å². The Morgan fingerprint density at radius 2 is 1.76 bits per heavy atom. The molecule has 0 unspecified atom stereocenters. The smallest absolute Gasteiger partial charge is 0.328 e. The predicted molar refractivity (Wildman–Crippen MR) is 122 cm³/mol.